The fourth-order valence-corrected chi connectivity index (χ4v) is 2.86. The van der Waals surface area contributed by atoms with E-state index in [1.165, 1.54) is 0 Å². The number of benzene rings is 1. The van der Waals surface area contributed by atoms with Gasteiger partial charge >= 0.3 is 0 Å². The summed E-state index contributed by atoms with van der Waals surface area (Å²) in [7, 11) is 0. The highest BCUT2D eigenvalue weighted by Gasteiger charge is 2.40. The van der Waals surface area contributed by atoms with Crippen molar-refractivity contribution in [3.8, 4) is 11.5 Å². The summed E-state index contributed by atoms with van der Waals surface area (Å²) in [6.45, 7) is 4.23. The number of nitrogens with one attached hydrogen (secondary N) is 1. The smallest absolute Gasteiger partial charge is 0.238 e. The zero-order valence-corrected chi connectivity index (χ0v) is 13.5. The number of ether oxygens (including phenoxy) is 2. The number of nitrogens with zero attached hydrogens (tertiary/aromatic N) is 1. The Morgan fingerprint density at radius 2 is 2.08 bits per heavy atom. The van der Waals surface area contributed by atoms with Crippen molar-refractivity contribution in [1.29, 1.82) is 0 Å². The molecule has 24 heavy (non-hydrogen) atoms. The van der Waals surface area contributed by atoms with Crippen LogP contribution in [-0.2, 0) is 11.3 Å². The van der Waals surface area contributed by atoms with Gasteiger partial charge < -0.3 is 19.2 Å². The Balaban J connectivity index is 1.23. The Labute approximate surface area is 140 Å². The largest absolute Gasteiger partial charge is 0.486 e. The van der Waals surface area contributed by atoms with Crippen molar-refractivity contribution in [2.75, 3.05) is 19.7 Å². The Morgan fingerprint density at radius 1 is 1.25 bits per heavy atom. The average Bonchev–Trinajstić information content (AvgIpc) is 3.25. The van der Waals surface area contributed by atoms with Gasteiger partial charge in [0.15, 0.2) is 11.5 Å². The predicted molar refractivity (Wildman–Crippen MR) is 87.0 cm³/mol. The molecule has 0 radical (unpaired) electrons. The molecule has 126 valence electrons. The van der Waals surface area contributed by atoms with Crippen molar-refractivity contribution in [3.63, 3.8) is 0 Å². The molecule has 1 fully saturated rings. The molecular weight excluding hydrogens is 308 g/mol. The number of para-hydroxylation sites is 2. The molecule has 0 saturated carbocycles. The van der Waals surface area contributed by atoms with Crippen LogP contribution in [0.25, 0.3) is 0 Å². The molecule has 1 amide bonds. The first-order valence-corrected chi connectivity index (χ1v) is 8.14. The number of fused-ring (bicyclic) bond motifs is 1. The lowest BCUT2D eigenvalue weighted by Gasteiger charge is -2.26. The minimum Gasteiger partial charge on any atom is -0.486 e. The van der Waals surface area contributed by atoms with Gasteiger partial charge in [-0.25, -0.2) is 0 Å². The molecule has 0 aliphatic carbocycles. The van der Waals surface area contributed by atoms with Crippen molar-refractivity contribution in [1.82, 2.24) is 10.2 Å². The summed E-state index contributed by atoms with van der Waals surface area (Å²) < 4.78 is 17.0. The molecule has 1 aromatic heterocycles. The fourth-order valence-electron chi connectivity index (χ4n) is 2.86. The summed E-state index contributed by atoms with van der Waals surface area (Å²) in [6.07, 6.45) is -0.163. The van der Waals surface area contributed by atoms with E-state index in [-0.39, 0.29) is 18.1 Å². The first-order valence-electron chi connectivity index (χ1n) is 8.14. The molecule has 1 aromatic carbocycles. The van der Waals surface area contributed by atoms with Gasteiger partial charge in [-0.05, 0) is 31.2 Å². The van der Waals surface area contributed by atoms with E-state index in [0.29, 0.717) is 19.7 Å². The van der Waals surface area contributed by atoms with Crippen LogP contribution in [0.1, 0.15) is 11.5 Å². The van der Waals surface area contributed by atoms with Crippen LogP contribution < -0.4 is 14.8 Å². The molecule has 6 nitrogen and oxygen atoms in total. The molecule has 0 bridgehead atoms. The molecule has 3 unspecified atom stereocenters. The maximum atomic E-state index is 12.2. The molecule has 3 atom stereocenters. The van der Waals surface area contributed by atoms with Gasteiger partial charge in [-0.1, -0.05) is 12.1 Å². The van der Waals surface area contributed by atoms with Crippen LogP contribution in [0.15, 0.2) is 40.8 Å². The van der Waals surface area contributed by atoms with Crippen LogP contribution in [0.5, 0.6) is 11.5 Å². The van der Waals surface area contributed by atoms with Crippen LogP contribution in [0, 0.1) is 6.92 Å². The number of amides is 1. The third-order valence-electron chi connectivity index (χ3n) is 4.24. The number of carbonyl (C=O) groups is 1. The summed E-state index contributed by atoms with van der Waals surface area (Å²) in [5.41, 5.74) is 0. The second kappa shape index (κ2) is 6.20. The van der Waals surface area contributed by atoms with Crippen molar-refractivity contribution in [2.24, 2.45) is 0 Å². The first-order chi connectivity index (χ1) is 11.7. The Morgan fingerprint density at radius 3 is 2.88 bits per heavy atom. The van der Waals surface area contributed by atoms with Gasteiger partial charge in [-0.2, -0.15) is 0 Å². The SMILES string of the molecule is Cc1ccc(CN2CC2C(=O)NCC2COc3ccccc3O2)o1. The minimum absolute atomic E-state index is 0.0285. The quantitative estimate of drug-likeness (QED) is 0.847. The lowest BCUT2D eigenvalue weighted by molar-refractivity contribution is -0.121. The van der Waals surface area contributed by atoms with Crippen LogP contribution in [0.2, 0.25) is 0 Å². The highest BCUT2D eigenvalue weighted by atomic mass is 16.6. The Bertz CT molecular complexity index is 742. The van der Waals surface area contributed by atoms with Crippen LogP contribution in [0.4, 0.5) is 0 Å². The van der Waals surface area contributed by atoms with E-state index in [9.17, 15) is 4.79 Å². The fraction of sp³-hybridized carbons (Fsp3) is 0.389. The molecule has 2 aliphatic heterocycles. The van der Waals surface area contributed by atoms with Gasteiger partial charge in [0.1, 0.15) is 30.3 Å². The molecule has 2 aromatic rings. The highest BCUT2D eigenvalue weighted by Crippen LogP contribution is 2.30. The summed E-state index contributed by atoms with van der Waals surface area (Å²) >= 11 is 0. The Hall–Kier alpha value is -2.47. The van der Waals surface area contributed by atoms with E-state index < -0.39 is 0 Å². The van der Waals surface area contributed by atoms with Crippen molar-refractivity contribution in [3.05, 3.63) is 47.9 Å². The Kier molecular flexibility index (Phi) is 3.90. The topological polar surface area (TPSA) is 63.7 Å². The van der Waals surface area contributed by atoms with Crippen molar-refractivity contribution >= 4 is 5.91 Å². The molecule has 1 saturated heterocycles. The lowest BCUT2D eigenvalue weighted by Crippen LogP contribution is -2.42. The van der Waals surface area contributed by atoms with Crippen LogP contribution >= 0.6 is 0 Å². The van der Waals surface area contributed by atoms with Gasteiger partial charge in [0, 0.05) is 6.54 Å². The summed E-state index contributed by atoms with van der Waals surface area (Å²) in [4.78, 5) is 14.3. The highest BCUT2D eigenvalue weighted by molar-refractivity contribution is 5.84. The zero-order chi connectivity index (χ0) is 16.5. The van der Waals surface area contributed by atoms with E-state index in [1.807, 2.05) is 43.3 Å². The number of carbonyl (C=O) groups excluding carboxylic acids is 1. The van der Waals surface area contributed by atoms with Gasteiger partial charge in [-0.15, -0.1) is 0 Å². The van der Waals surface area contributed by atoms with Gasteiger partial charge in [0.25, 0.3) is 0 Å². The number of hydrogen-bond acceptors (Lipinski definition) is 5. The second-order valence-corrected chi connectivity index (χ2v) is 6.20. The molecule has 1 N–H and O–H groups in total. The van der Waals surface area contributed by atoms with Crippen LogP contribution in [0.3, 0.4) is 0 Å². The monoisotopic (exact) mass is 328 g/mol. The van der Waals surface area contributed by atoms with E-state index in [2.05, 4.69) is 10.2 Å². The summed E-state index contributed by atoms with van der Waals surface area (Å²) in [6, 6.07) is 11.4. The van der Waals surface area contributed by atoms with E-state index in [1.54, 1.807) is 0 Å². The summed E-state index contributed by atoms with van der Waals surface area (Å²) in [5, 5.41) is 2.95. The third-order valence-corrected chi connectivity index (χ3v) is 4.24. The lowest BCUT2D eigenvalue weighted by atomic mass is 10.2. The number of furan rings is 1. The minimum atomic E-state index is -0.163. The number of hydrogen-bond donors (Lipinski definition) is 1. The molecule has 6 heteroatoms. The molecule has 2 aliphatic rings. The van der Waals surface area contributed by atoms with Crippen molar-refractivity contribution < 1.29 is 18.7 Å². The van der Waals surface area contributed by atoms with Crippen molar-refractivity contribution in [2.45, 2.75) is 25.6 Å². The normalized spacial score (nSPS) is 24.5. The summed E-state index contributed by atoms with van der Waals surface area (Å²) in [5.74, 6) is 3.29. The maximum absolute atomic E-state index is 12.2. The molecule has 0 spiro atoms. The maximum Gasteiger partial charge on any atom is 0.238 e. The molecule has 3 heterocycles. The van der Waals surface area contributed by atoms with E-state index >= 15 is 0 Å². The van der Waals surface area contributed by atoms with Crippen LogP contribution in [-0.4, -0.2) is 42.6 Å². The van der Waals surface area contributed by atoms with Gasteiger partial charge in [0.05, 0.1) is 13.1 Å². The second-order valence-electron chi connectivity index (χ2n) is 6.20. The predicted octanol–water partition coefficient (Wildman–Crippen LogP) is 1.73. The average molecular weight is 328 g/mol. The van der Waals surface area contributed by atoms with E-state index in [4.69, 9.17) is 13.9 Å². The van der Waals surface area contributed by atoms with Gasteiger partial charge in [0.2, 0.25) is 5.91 Å². The van der Waals surface area contributed by atoms with Gasteiger partial charge in [-0.3, -0.25) is 9.69 Å². The zero-order valence-electron chi connectivity index (χ0n) is 13.5. The number of aryl methyl sites for hydroxylation is 1. The first kappa shape index (κ1) is 15.1. The third kappa shape index (κ3) is 3.23. The molecular formula is C18H20N2O4. The number of rotatable bonds is 5. The molecule has 4 rings (SSSR count). The standard InChI is InChI=1S/C18H20N2O4/c1-12-6-7-13(23-12)9-20-10-15(20)18(21)19-8-14-11-22-16-4-2-3-5-17(16)24-14/h2-7,14-15H,8-11H2,1H3,(H,19,21). The van der Waals surface area contributed by atoms with E-state index in [0.717, 1.165) is 29.6 Å².